The van der Waals surface area contributed by atoms with Crippen LogP contribution in [0.1, 0.15) is 21.5 Å². The summed E-state index contributed by atoms with van der Waals surface area (Å²) in [5.41, 5.74) is 1.50. The van der Waals surface area contributed by atoms with Gasteiger partial charge < -0.3 is 15.2 Å². The largest absolute Gasteiger partial charge is 0.507 e. The zero-order chi connectivity index (χ0) is 12.3. The minimum Gasteiger partial charge on any atom is -0.507 e. The van der Waals surface area contributed by atoms with Crippen LogP contribution in [0, 0.1) is 6.92 Å². The first kappa shape index (κ1) is 12.1. The number of nitrogens with one attached hydrogen (secondary N) is 1. The first-order chi connectivity index (χ1) is 7.51. The minimum atomic E-state index is -0.341. The number of hydrogen-bond acceptors (Lipinski definition) is 3. The van der Waals surface area contributed by atoms with Crippen molar-refractivity contribution in [2.75, 3.05) is 14.2 Å². The fraction of sp³-hybridized carbons (Fsp3) is 0.250. The number of ether oxygens (including phenoxy) is 1. The van der Waals surface area contributed by atoms with Crippen molar-refractivity contribution in [3.63, 3.8) is 0 Å². The van der Waals surface area contributed by atoms with E-state index in [1.165, 1.54) is 14.2 Å². The van der Waals surface area contributed by atoms with E-state index in [0.29, 0.717) is 16.9 Å². The van der Waals surface area contributed by atoms with E-state index < -0.39 is 0 Å². The van der Waals surface area contributed by atoms with E-state index in [1.807, 2.05) is 0 Å². The van der Waals surface area contributed by atoms with Gasteiger partial charge in [0.15, 0.2) is 0 Å². The van der Waals surface area contributed by atoms with Gasteiger partial charge in [-0.15, -0.1) is 0 Å². The van der Waals surface area contributed by atoms with E-state index in [4.69, 9.17) is 4.74 Å². The Hall–Kier alpha value is -1.97. The first-order valence-electron chi connectivity index (χ1n) is 4.80. The van der Waals surface area contributed by atoms with Gasteiger partial charge in [-0.3, -0.25) is 4.79 Å². The summed E-state index contributed by atoms with van der Waals surface area (Å²) in [5.74, 6) is 0.0895. The molecule has 0 saturated carbocycles. The summed E-state index contributed by atoms with van der Waals surface area (Å²) in [6.45, 7) is 5.42. The Labute approximate surface area is 94.6 Å². The van der Waals surface area contributed by atoms with Gasteiger partial charge in [0.1, 0.15) is 11.5 Å². The second-order valence-electron chi connectivity index (χ2n) is 3.40. The number of amides is 1. The zero-order valence-electron chi connectivity index (χ0n) is 9.63. The second kappa shape index (κ2) is 4.70. The smallest absolute Gasteiger partial charge is 0.254 e. The number of methoxy groups -OCH3 is 1. The maximum atomic E-state index is 11.5. The molecule has 0 bridgehead atoms. The van der Waals surface area contributed by atoms with Crippen molar-refractivity contribution < 1.29 is 14.6 Å². The topological polar surface area (TPSA) is 58.6 Å². The molecular weight excluding hydrogens is 206 g/mol. The van der Waals surface area contributed by atoms with Crippen LogP contribution >= 0.6 is 0 Å². The summed E-state index contributed by atoms with van der Waals surface area (Å²) in [6.07, 6.45) is 0. The third kappa shape index (κ3) is 2.16. The van der Waals surface area contributed by atoms with Crippen molar-refractivity contribution in [2.24, 2.45) is 0 Å². The fourth-order valence-electron chi connectivity index (χ4n) is 1.37. The number of aromatic hydroxyl groups is 1. The monoisotopic (exact) mass is 221 g/mol. The second-order valence-corrected chi connectivity index (χ2v) is 3.40. The highest BCUT2D eigenvalue weighted by Crippen LogP contribution is 2.26. The Bertz CT molecular complexity index is 438. The lowest BCUT2D eigenvalue weighted by atomic mass is 10.0. The number of carbonyl (C=O) groups is 1. The lowest BCUT2D eigenvalue weighted by Crippen LogP contribution is -2.18. The van der Waals surface area contributed by atoms with Crippen LogP contribution in [0.25, 0.3) is 5.76 Å². The van der Waals surface area contributed by atoms with Crippen LogP contribution in [0.5, 0.6) is 5.75 Å². The Balaban J connectivity index is 3.33. The molecule has 0 heterocycles. The fourth-order valence-corrected chi connectivity index (χ4v) is 1.37. The van der Waals surface area contributed by atoms with Gasteiger partial charge in [-0.2, -0.15) is 0 Å². The van der Waals surface area contributed by atoms with Crippen LogP contribution in [-0.4, -0.2) is 25.2 Å². The predicted octanol–water partition coefficient (Wildman–Crippen LogP) is 1.68. The lowest BCUT2D eigenvalue weighted by Gasteiger charge is -2.10. The van der Waals surface area contributed by atoms with Crippen LogP contribution in [0.3, 0.4) is 0 Å². The molecule has 0 saturated heterocycles. The van der Waals surface area contributed by atoms with Crippen molar-refractivity contribution in [1.82, 2.24) is 5.32 Å². The van der Waals surface area contributed by atoms with Gasteiger partial charge in [-0.25, -0.2) is 0 Å². The van der Waals surface area contributed by atoms with Crippen molar-refractivity contribution in [2.45, 2.75) is 6.92 Å². The number of hydrogen-bond donors (Lipinski definition) is 2. The highest BCUT2D eigenvalue weighted by molar-refractivity contribution is 5.97. The molecule has 0 atom stereocenters. The Kier molecular flexibility index (Phi) is 3.55. The van der Waals surface area contributed by atoms with Crippen molar-refractivity contribution in [3.8, 4) is 5.75 Å². The molecule has 1 aromatic rings. The predicted molar refractivity (Wildman–Crippen MR) is 62.3 cm³/mol. The number of rotatable bonds is 3. The van der Waals surface area contributed by atoms with Gasteiger partial charge in [0.05, 0.1) is 12.7 Å². The number of aryl methyl sites for hydroxylation is 1. The summed E-state index contributed by atoms with van der Waals surface area (Å²) in [4.78, 5) is 11.5. The lowest BCUT2D eigenvalue weighted by molar-refractivity contribution is 0.0960. The average molecular weight is 221 g/mol. The van der Waals surface area contributed by atoms with Crippen molar-refractivity contribution >= 4 is 11.7 Å². The van der Waals surface area contributed by atoms with Gasteiger partial charge in [-0.05, 0) is 24.6 Å². The summed E-state index contributed by atoms with van der Waals surface area (Å²) in [7, 11) is 3.01. The van der Waals surface area contributed by atoms with E-state index >= 15 is 0 Å². The molecule has 1 aromatic carbocycles. The Morgan fingerprint density at radius 2 is 2.12 bits per heavy atom. The summed E-state index contributed by atoms with van der Waals surface area (Å²) >= 11 is 0. The third-order valence-electron chi connectivity index (χ3n) is 2.34. The summed E-state index contributed by atoms with van der Waals surface area (Å²) in [5, 5.41) is 12.2. The molecular formula is C12H15NO3. The maximum Gasteiger partial charge on any atom is 0.254 e. The molecule has 4 heteroatoms. The first-order valence-corrected chi connectivity index (χ1v) is 4.80. The molecule has 0 aliphatic heterocycles. The maximum absolute atomic E-state index is 11.5. The van der Waals surface area contributed by atoms with Crippen LogP contribution < -0.4 is 5.32 Å². The van der Waals surface area contributed by atoms with E-state index in [-0.39, 0.29) is 17.2 Å². The highest BCUT2D eigenvalue weighted by atomic mass is 16.5. The average Bonchev–Trinajstić information content (AvgIpc) is 2.30. The van der Waals surface area contributed by atoms with Crippen molar-refractivity contribution in [1.29, 1.82) is 0 Å². The Morgan fingerprint density at radius 1 is 1.50 bits per heavy atom. The van der Waals surface area contributed by atoms with Crippen molar-refractivity contribution in [3.05, 3.63) is 35.4 Å². The normalized spacial score (nSPS) is 9.69. The van der Waals surface area contributed by atoms with Crippen LogP contribution in [-0.2, 0) is 4.74 Å². The van der Waals surface area contributed by atoms with Crippen LogP contribution in [0.15, 0.2) is 18.7 Å². The quantitative estimate of drug-likeness (QED) is 0.763. The SMILES string of the molecule is C=C(OC)c1cc(C)c(O)c(C(=O)NC)c1. The molecule has 0 aromatic heterocycles. The van der Waals surface area contributed by atoms with Gasteiger partial charge in [0.25, 0.3) is 5.91 Å². The number of carbonyl (C=O) groups excluding carboxylic acids is 1. The molecule has 1 amide bonds. The molecule has 0 aliphatic rings. The summed E-state index contributed by atoms with van der Waals surface area (Å²) < 4.78 is 4.99. The number of phenolic OH excluding ortho intramolecular Hbond substituents is 1. The van der Waals surface area contributed by atoms with Gasteiger partial charge in [-0.1, -0.05) is 6.58 Å². The zero-order valence-corrected chi connectivity index (χ0v) is 9.63. The van der Waals surface area contributed by atoms with E-state index in [1.54, 1.807) is 19.1 Å². The third-order valence-corrected chi connectivity index (χ3v) is 2.34. The van der Waals surface area contributed by atoms with Crippen LogP contribution in [0.2, 0.25) is 0 Å². The molecule has 0 aliphatic carbocycles. The standard InChI is InChI=1S/C12H15NO3/c1-7-5-9(8(2)16-4)6-10(11(7)14)12(15)13-3/h5-6,14H,2H2,1,3-4H3,(H,13,15). The van der Waals surface area contributed by atoms with E-state index in [2.05, 4.69) is 11.9 Å². The van der Waals surface area contributed by atoms with Gasteiger partial charge in [0.2, 0.25) is 0 Å². The summed E-state index contributed by atoms with van der Waals surface area (Å²) in [6, 6.07) is 3.26. The molecule has 0 spiro atoms. The van der Waals surface area contributed by atoms with Crippen LogP contribution in [0.4, 0.5) is 0 Å². The molecule has 2 N–H and O–H groups in total. The molecule has 0 unspecified atom stereocenters. The van der Waals surface area contributed by atoms with Gasteiger partial charge >= 0.3 is 0 Å². The number of phenols is 1. The highest BCUT2D eigenvalue weighted by Gasteiger charge is 2.14. The molecule has 4 nitrogen and oxygen atoms in total. The molecule has 86 valence electrons. The Morgan fingerprint density at radius 3 is 2.62 bits per heavy atom. The van der Waals surface area contributed by atoms with E-state index in [9.17, 15) is 9.90 Å². The number of benzene rings is 1. The van der Waals surface area contributed by atoms with Gasteiger partial charge in [0, 0.05) is 12.6 Å². The van der Waals surface area contributed by atoms with E-state index in [0.717, 1.165) is 0 Å². The molecule has 16 heavy (non-hydrogen) atoms. The molecule has 0 radical (unpaired) electrons. The molecule has 1 rings (SSSR count). The molecule has 0 fully saturated rings. The minimum absolute atomic E-state index is 0.0213.